The molecule has 9 rings (SSSR count). The van der Waals surface area contributed by atoms with E-state index in [9.17, 15) is 0 Å². The Morgan fingerprint density at radius 2 is 0.780 bits per heavy atom. The highest BCUT2D eigenvalue weighted by Crippen LogP contribution is 2.43. The van der Waals surface area contributed by atoms with Crippen LogP contribution in [0.1, 0.15) is 0 Å². The van der Waals surface area contributed by atoms with E-state index in [0.717, 1.165) is 22.7 Å². The lowest BCUT2D eigenvalue weighted by atomic mass is 9.93. The van der Waals surface area contributed by atoms with Gasteiger partial charge in [0.25, 0.3) is 0 Å². The highest BCUT2D eigenvalue weighted by molar-refractivity contribution is 6.10. The second-order valence-corrected chi connectivity index (χ2v) is 12.6. The van der Waals surface area contributed by atoms with E-state index in [-0.39, 0.29) is 0 Å². The van der Waals surface area contributed by atoms with Crippen molar-refractivity contribution >= 4 is 38.9 Å². The van der Waals surface area contributed by atoms with Crippen molar-refractivity contribution in [2.75, 3.05) is 4.90 Å². The summed E-state index contributed by atoms with van der Waals surface area (Å²) in [6, 6.07) is 74.1. The van der Waals surface area contributed by atoms with Gasteiger partial charge in [-0.25, -0.2) is 0 Å². The average molecular weight is 639 g/mol. The molecule has 0 fully saturated rings. The second-order valence-electron chi connectivity index (χ2n) is 12.6. The standard InChI is InChI=1S/C48H34N2/c1-5-15-35(16-6-1)36-25-27-40(28-26-36)49(41-29-31-43(37-17-7-2-8-18-37)46(33-41)38-19-9-3-10-20-38)42-30-32-45-44-23-13-14-24-47(44)50(48(45)34-42)39-21-11-4-12-22-39/h1-34H. The van der Waals surface area contributed by atoms with Crippen molar-refractivity contribution < 1.29 is 0 Å². The molecule has 0 unspecified atom stereocenters. The van der Waals surface area contributed by atoms with Crippen LogP contribution in [0.3, 0.4) is 0 Å². The third kappa shape index (κ3) is 5.34. The molecular formula is C48H34N2. The van der Waals surface area contributed by atoms with Gasteiger partial charge in [0.05, 0.1) is 11.0 Å². The molecular weight excluding hydrogens is 605 g/mol. The van der Waals surface area contributed by atoms with E-state index in [2.05, 4.69) is 216 Å². The Morgan fingerprint density at radius 3 is 1.46 bits per heavy atom. The topological polar surface area (TPSA) is 8.17 Å². The molecule has 0 radical (unpaired) electrons. The molecule has 2 nitrogen and oxygen atoms in total. The number of anilines is 3. The highest BCUT2D eigenvalue weighted by atomic mass is 15.1. The van der Waals surface area contributed by atoms with Gasteiger partial charge in [0.15, 0.2) is 0 Å². The van der Waals surface area contributed by atoms with E-state index >= 15 is 0 Å². The first kappa shape index (κ1) is 29.5. The van der Waals surface area contributed by atoms with Crippen molar-refractivity contribution in [1.29, 1.82) is 0 Å². The van der Waals surface area contributed by atoms with Crippen LogP contribution in [0.15, 0.2) is 206 Å². The fourth-order valence-corrected chi connectivity index (χ4v) is 7.23. The van der Waals surface area contributed by atoms with Crippen molar-refractivity contribution in [2.24, 2.45) is 0 Å². The summed E-state index contributed by atoms with van der Waals surface area (Å²) in [6.45, 7) is 0. The minimum absolute atomic E-state index is 1.09. The average Bonchev–Trinajstić information content (AvgIpc) is 3.53. The third-order valence-corrected chi connectivity index (χ3v) is 9.59. The number of aromatic nitrogens is 1. The number of fused-ring (bicyclic) bond motifs is 3. The molecule has 50 heavy (non-hydrogen) atoms. The molecule has 0 atom stereocenters. The van der Waals surface area contributed by atoms with Gasteiger partial charge in [-0.1, -0.05) is 152 Å². The van der Waals surface area contributed by atoms with Gasteiger partial charge in [-0.3, -0.25) is 0 Å². The summed E-state index contributed by atoms with van der Waals surface area (Å²) in [5.41, 5.74) is 14.0. The molecule has 1 heterocycles. The summed E-state index contributed by atoms with van der Waals surface area (Å²) < 4.78 is 2.39. The molecule has 0 aliphatic carbocycles. The molecule has 8 aromatic carbocycles. The lowest BCUT2D eigenvalue weighted by molar-refractivity contribution is 1.18. The lowest BCUT2D eigenvalue weighted by Gasteiger charge is -2.27. The van der Waals surface area contributed by atoms with Crippen molar-refractivity contribution in [3.63, 3.8) is 0 Å². The molecule has 0 saturated heterocycles. The van der Waals surface area contributed by atoms with Crippen LogP contribution in [-0.2, 0) is 0 Å². The fraction of sp³-hybridized carbons (Fsp3) is 0. The van der Waals surface area contributed by atoms with Gasteiger partial charge in [0.2, 0.25) is 0 Å². The zero-order valence-electron chi connectivity index (χ0n) is 27.5. The van der Waals surface area contributed by atoms with E-state index in [1.807, 2.05) is 0 Å². The van der Waals surface area contributed by atoms with Gasteiger partial charge < -0.3 is 9.47 Å². The molecule has 0 saturated carbocycles. The number of hydrogen-bond donors (Lipinski definition) is 0. The predicted octanol–water partition coefficient (Wildman–Crippen LogP) is 13.3. The van der Waals surface area contributed by atoms with Gasteiger partial charge in [-0.05, 0) is 88.0 Å². The first-order valence-electron chi connectivity index (χ1n) is 17.1. The minimum Gasteiger partial charge on any atom is -0.310 e. The maximum absolute atomic E-state index is 2.39. The predicted molar refractivity (Wildman–Crippen MR) is 212 cm³/mol. The maximum Gasteiger partial charge on any atom is 0.0561 e. The van der Waals surface area contributed by atoms with E-state index in [4.69, 9.17) is 0 Å². The molecule has 0 bridgehead atoms. The van der Waals surface area contributed by atoms with Gasteiger partial charge in [-0.2, -0.15) is 0 Å². The number of benzene rings is 8. The Morgan fingerprint density at radius 1 is 0.300 bits per heavy atom. The summed E-state index contributed by atoms with van der Waals surface area (Å²) >= 11 is 0. The van der Waals surface area contributed by atoms with E-state index in [0.29, 0.717) is 0 Å². The summed E-state index contributed by atoms with van der Waals surface area (Å²) in [4.78, 5) is 2.39. The second kappa shape index (κ2) is 12.8. The monoisotopic (exact) mass is 638 g/mol. The van der Waals surface area contributed by atoms with E-state index < -0.39 is 0 Å². The number of hydrogen-bond acceptors (Lipinski definition) is 1. The molecule has 9 aromatic rings. The van der Waals surface area contributed by atoms with Crippen LogP contribution < -0.4 is 4.90 Å². The third-order valence-electron chi connectivity index (χ3n) is 9.59. The highest BCUT2D eigenvalue weighted by Gasteiger charge is 2.19. The van der Waals surface area contributed by atoms with Crippen LogP contribution in [0.25, 0.3) is 60.9 Å². The Balaban J connectivity index is 1.28. The van der Waals surface area contributed by atoms with Crippen LogP contribution in [0.4, 0.5) is 17.1 Å². The molecule has 0 aliphatic rings. The summed E-state index contributed by atoms with van der Waals surface area (Å²) in [6.07, 6.45) is 0. The van der Waals surface area contributed by atoms with Crippen molar-refractivity contribution in [3.8, 4) is 39.1 Å². The Labute approximate surface area is 292 Å². The Bertz CT molecular complexity index is 2550. The fourth-order valence-electron chi connectivity index (χ4n) is 7.23. The van der Waals surface area contributed by atoms with Crippen LogP contribution >= 0.6 is 0 Å². The SMILES string of the molecule is c1ccc(-c2ccc(N(c3ccc(-c4ccccc4)c(-c4ccccc4)c3)c3ccc4c5ccccc5n(-c5ccccc5)c4c3)cc2)cc1. The van der Waals surface area contributed by atoms with Crippen molar-refractivity contribution in [2.45, 2.75) is 0 Å². The Hall–Kier alpha value is -6.64. The van der Waals surface area contributed by atoms with Crippen molar-refractivity contribution in [1.82, 2.24) is 4.57 Å². The number of para-hydroxylation sites is 2. The zero-order chi connectivity index (χ0) is 33.3. The molecule has 236 valence electrons. The zero-order valence-corrected chi connectivity index (χ0v) is 27.5. The Kier molecular flexibility index (Phi) is 7.53. The van der Waals surface area contributed by atoms with Crippen LogP contribution in [0.2, 0.25) is 0 Å². The van der Waals surface area contributed by atoms with Crippen LogP contribution in [0.5, 0.6) is 0 Å². The normalized spacial score (nSPS) is 11.2. The van der Waals surface area contributed by atoms with E-state index in [1.165, 1.54) is 55.2 Å². The summed E-state index contributed by atoms with van der Waals surface area (Å²) in [7, 11) is 0. The summed E-state index contributed by atoms with van der Waals surface area (Å²) in [5.74, 6) is 0. The molecule has 0 amide bonds. The van der Waals surface area contributed by atoms with Gasteiger partial charge >= 0.3 is 0 Å². The molecule has 1 aromatic heterocycles. The first-order chi connectivity index (χ1) is 24.8. The summed E-state index contributed by atoms with van der Waals surface area (Å²) in [5, 5.41) is 2.48. The minimum atomic E-state index is 1.09. The molecule has 2 heteroatoms. The quantitative estimate of drug-likeness (QED) is 0.169. The number of rotatable bonds is 7. The molecule has 0 aliphatic heterocycles. The van der Waals surface area contributed by atoms with Crippen molar-refractivity contribution in [3.05, 3.63) is 206 Å². The largest absolute Gasteiger partial charge is 0.310 e. The molecule has 0 spiro atoms. The maximum atomic E-state index is 2.39. The van der Waals surface area contributed by atoms with Gasteiger partial charge in [0, 0.05) is 33.5 Å². The van der Waals surface area contributed by atoms with Gasteiger partial charge in [-0.15, -0.1) is 0 Å². The molecule has 0 N–H and O–H groups in total. The van der Waals surface area contributed by atoms with Crippen LogP contribution in [-0.4, -0.2) is 4.57 Å². The van der Waals surface area contributed by atoms with Crippen LogP contribution in [0, 0.1) is 0 Å². The lowest BCUT2D eigenvalue weighted by Crippen LogP contribution is -2.10. The number of nitrogens with zero attached hydrogens (tertiary/aromatic N) is 2. The first-order valence-corrected chi connectivity index (χ1v) is 17.1. The smallest absolute Gasteiger partial charge is 0.0561 e. The van der Waals surface area contributed by atoms with Gasteiger partial charge in [0.1, 0.15) is 0 Å². The van der Waals surface area contributed by atoms with E-state index in [1.54, 1.807) is 0 Å².